The topological polar surface area (TPSA) is 101 Å². The summed E-state index contributed by atoms with van der Waals surface area (Å²) in [4.78, 5) is 23.9. The fourth-order valence-electron chi connectivity index (χ4n) is 1.47. The summed E-state index contributed by atoms with van der Waals surface area (Å²) in [7, 11) is 1.46. The first kappa shape index (κ1) is 10.3. The van der Waals surface area contributed by atoms with Gasteiger partial charge in [0.2, 0.25) is 5.91 Å². The first-order chi connectivity index (χ1) is 7.58. The van der Waals surface area contributed by atoms with Gasteiger partial charge in [-0.2, -0.15) is 0 Å². The van der Waals surface area contributed by atoms with Crippen LogP contribution in [-0.2, 0) is 9.59 Å². The Morgan fingerprint density at radius 2 is 2.19 bits per heavy atom. The zero-order valence-electron chi connectivity index (χ0n) is 8.67. The Balaban J connectivity index is 2.09. The van der Waals surface area contributed by atoms with E-state index in [1.807, 2.05) is 0 Å². The smallest absolute Gasteiger partial charge is 0.251 e. The number of likely N-dealkylation sites (tertiary alicyclic amines) is 1. The minimum absolute atomic E-state index is 0.140. The number of likely N-dealkylation sites (N-methyl/N-ethyl adjacent to an activating group) is 1. The summed E-state index contributed by atoms with van der Waals surface area (Å²) in [5.41, 5.74) is 5.38. The van der Waals surface area contributed by atoms with Crippen molar-refractivity contribution in [3.63, 3.8) is 0 Å². The fourth-order valence-corrected chi connectivity index (χ4v) is 1.47. The molecule has 3 N–H and O–H groups in total. The zero-order chi connectivity index (χ0) is 11.7. The highest BCUT2D eigenvalue weighted by molar-refractivity contribution is 6.06. The molecular weight excluding hydrogens is 210 g/mol. The van der Waals surface area contributed by atoms with E-state index >= 15 is 0 Å². The Morgan fingerprint density at radius 3 is 2.69 bits per heavy atom. The number of carbonyl (C=O) groups excluding carboxylic acids is 2. The van der Waals surface area contributed by atoms with Crippen molar-refractivity contribution in [2.24, 2.45) is 0 Å². The number of imide groups is 1. The Bertz CT molecular complexity index is 430. The number of nitrogens with zero attached hydrogens (tertiary/aromatic N) is 3. The summed E-state index contributed by atoms with van der Waals surface area (Å²) in [5, 5.41) is 10.2. The molecule has 1 aliphatic rings. The van der Waals surface area contributed by atoms with E-state index in [2.05, 4.69) is 15.5 Å². The lowest BCUT2D eigenvalue weighted by Gasteiger charge is -2.10. The minimum atomic E-state index is -0.560. The van der Waals surface area contributed by atoms with Gasteiger partial charge in [0.25, 0.3) is 5.91 Å². The van der Waals surface area contributed by atoms with Crippen molar-refractivity contribution < 1.29 is 9.59 Å². The molecule has 16 heavy (non-hydrogen) atoms. The van der Waals surface area contributed by atoms with E-state index in [4.69, 9.17) is 5.73 Å². The Labute approximate surface area is 91.6 Å². The van der Waals surface area contributed by atoms with E-state index < -0.39 is 6.04 Å². The number of anilines is 2. The molecule has 7 nitrogen and oxygen atoms in total. The van der Waals surface area contributed by atoms with Crippen molar-refractivity contribution >= 4 is 23.5 Å². The number of amides is 2. The lowest BCUT2D eigenvalue weighted by atomic mass is 10.2. The summed E-state index contributed by atoms with van der Waals surface area (Å²) >= 11 is 0. The van der Waals surface area contributed by atoms with Crippen molar-refractivity contribution in [1.29, 1.82) is 0 Å². The predicted octanol–water partition coefficient (Wildman–Crippen LogP) is -0.772. The molecule has 0 radical (unpaired) electrons. The molecule has 1 aliphatic heterocycles. The summed E-state index contributed by atoms with van der Waals surface area (Å²) in [6.45, 7) is 0. The van der Waals surface area contributed by atoms with Gasteiger partial charge in [0.15, 0.2) is 0 Å². The summed E-state index contributed by atoms with van der Waals surface area (Å²) in [6, 6.07) is 2.62. The number of carbonyl (C=O) groups is 2. The molecule has 0 saturated carbocycles. The van der Waals surface area contributed by atoms with Crippen LogP contribution in [0.25, 0.3) is 0 Å². The van der Waals surface area contributed by atoms with Crippen molar-refractivity contribution in [3.8, 4) is 0 Å². The molecule has 2 rings (SSSR count). The normalized spacial score (nSPS) is 20.3. The van der Waals surface area contributed by atoms with Crippen LogP contribution in [0, 0.1) is 0 Å². The third-order valence-electron chi connectivity index (χ3n) is 2.39. The average Bonchev–Trinajstić information content (AvgIpc) is 2.50. The first-order valence-corrected chi connectivity index (χ1v) is 4.74. The number of nitrogen functional groups attached to an aromatic ring is 1. The molecule has 2 heterocycles. The summed E-state index contributed by atoms with van der Waals surface area (Å²) in [6.07, 6.45) is 0.140. The second-order valence-electron chi connectivity index (χ2n) is 3.54. The third-order valence-corrected chi connectivity index (χ3v) is 2.39. The Hall–Kier alpha value is -2.18. The van der Waals surface area contributed by atoms with Gasteiger partial charge in [-0.1, -0.05) is 0 Å². The zero-order valence-corrected chi connectivity index (χ0v) is 8.67. The standard InChI is InChI=1S/C9H11N5O2/c1-14-8(15)4-5(9(14)16)11-7-3-2-6(10)12-13-7/h2-3,5H,4H2,1H3,(H2,10,12)(H,11,13). The van der Waals surface area contributed by atoms with Crippen molar-refractivity contribution in [1.82, 2.24) is 15.1 Å². The molecule has 0 aliphatic carbocycles. The van der Waals surface area contributed by atoms with Gasteiger partial charge < -0.3 is 11.1 Å². The van der Waals surface area contributed by atoms with Gasteiger partial charge in [0, 0.05) is 7.05 Å². The molecule has 0 spiro atoms. The average molecular weight is 221 g/mol. The highest BCUT2D eigenvalue weighted by Gasteiger charge is 2.36. The van der Waals surface area contributed by atoms with Crippen LogP contribution < -0.4 is 11.1 Å². The number of aromatic nitrogens is 2. The molecule has 1 saturated heterocycles. The van der Waals surface area contributed by atoms with Gasteiger partial charge in [0.05, 0.1) is 6.42 Å². The van der Waals surface area contributed by atoms with Crippen LogP contribution >= 0.6 is 0 Å². The van der Waals surface area contributed by atoms with Crippen LogP contribution in [0.2, 0.25) is 0 Å². The van der Waals surface area contributed by atoms with E-state index in [0.717, 1.165) is 4.90 Å². The van der Waals surface area contributed by atoms with E-state index in [-0.39, 0.29) is 18.2 Å². The summed E-state index contributed by atoms with van der Waals surface area (Å²) in [5.74, 6) is 0.265. The van der Waals surface area contributed by atoms with Crippen molar-refractivity contribution in [2.75, 3.05) is 18.1 Å². The van der Waals surface area contributed by atoms with Crippen LogP contribution in [0.1, 0.15) is 6.42 Å². The van der Waals surface area contributed by atoms with Crippen molar-refractivity contribution in [2.45, 2.75) is 12.5 Å². The maximum Gasteiger partial charge on any atom is 0.251 e. The second-order valence-corrected chi connectivity index (χ2v) is 3.54. The van der Waals surface area contributed by atoms with Crippen LogP contribution in [-0.4, -0.2) is 40.0 Å². The minimum Gasteiger partial charge on any atom is -0.382 e. The van der Waals surface area contributed by atoms with E-state index in [9.17, 15) is 9.59 Å². The lowest BCUT2D eigenvalue weighted by Crippen LogP contribution is -2.32. The van der Waals surface area contributed by atoms with Gasteiger partial charge >= 0.3 is 0 Å². The molecule has 0 bridgehead atoms. The maximum atomic E-state index is 11.6. The quantitative estimate of drug-likeness (QED) is 0.636. The number of nitrogens with two attached hydrogens (primary N) is 1. The number of hydrogen-bond donors (Lipinski definition) is 2. The second kappa shape index (κ2) is 3.76. The number of nitrogens with one attached hydrogen (secondary N) is 1. The largest absolute Gasteiger partial charge is 0.382 e. The van der Waals surface area contributed by atoms with Gasteiger partial charge in [-0.15, -0.1) is 10.2 Å². The molecule has 7 heteroatoms. The van der Waals surface area contributed by atoms with Crippen LogP contribution in [0.5, 0.6) is 0 Å². The molecule has 1 fully saturated rings. The molecule has 1 unspecified atom stereocenters. The molecule has 2 amide bonds. The number of hydrogen-bond acceptors (Lipinski definition) is 6. The lowest BCUT2D eigenvalue weighted by molar-refractivity contribution is -0.136. The van der Waals surface area contributed by atoms with E-state index in [1.54, 1.807) is 12.1 Å². The maximum absolute atomic E-state index is 11.6. The molecule has 84 valence electrons. The van der Waals surface area contributed by atoms with Crippen molar-refractivity contribution in [3.05, 3.63) is 12.1 Å². The molecule has 0 aromatic carbocycles. The highest BCUT2D eigenvalue weighted by atomic mass is 16.2. The Morgan fingerprint density at radius 1 is 1.44 bits per heavy atom. The van der Waals surface area contributed by atoms with Gasteiger partial charge in [-0.25, -0.2) is 0 Å². The third kappa shape index (κ3) is 1.79. The fraction of sp³-hybridized carbons (Fsp3) is 0.333. The molecule has 1 atom stereocenters. The highest BCUT2D eigenvalue weighted by Crippen LogP contribution is 2.15. The Kier molecular flexibility index (Phi) is 2.43. The predicted molar refractivity (Wildman–Crippen MR) is 56.2 cm³/mol. The van der Waals surface area contributed by atoms with E-state index in [0.29, 0.717) is 11.6 Å². The van der Waals surface area contributed by atoms with Crippen LogP contribution in [0.15, 0.2) is 12.1 Å². The monoisotopic (exact) mass is 221 g/mol. The van der Waals surface area contributed by atoms with Gasteiger partial charge in [-0.05, 0) is 12.1 Å². The van der Waals surface area contributed by atoms with E-state index in [1.165, 1.54) is 7.05 Å². The van der Waals surface area contributed by atoms with Gasteiger partial charge in [0.1, 0.15) is 17.7 Å². The SMILES string of the molecule is CN1C(=O)CC(Nc2ccc(N)nn2)C1=O. The first-order valence-electron chi connectivity index (χ1n) is 4.74. The van der Waals surface area contributed by atoms with Crippen LogP contribution in [0.4, 0.5) is 11.6 Å². The van der Waals surface area contributed by atoms with Gasteiger partial charge in [-0.3, -0.25) is 14.5 Å². The molecular formula is C9H11N5O2. The molecule has 1 aromatic heterocycles. The van der Waals surface area contributed by atoms with Crippen LogP contribution in [0.3, 0.4) is 0 Å². The number of rotatable bonds is 2. The summed E-state index contributed by atoms with van der Waals surface area (Å²) < 4.78 is 0. The molecule has 1 aromatic rings.